The van der Waals surface area contributed by atoms with Crippen LogP contribution in [-0.4, -0.2) is 25.7 Å². The molecule has 0 bridgehead atoms. The van der Waals surface area contributed by atoms with Crippen LogP contribution < -0.4 is 11.1 Å². The fourth-order valence-corrected chi connectivity index (χ4v) is 1.94. The van der Waals surface area contributed by atoms with Gasteiger partial charge in [0.25, 0.3) is 0 Å². The van der Waals surface area contributed by atoms with Crippen molar-refractivity contribution in [3.05, 3.63) is 35.4 Å². The van der Waals surface area contributed by atoms with Crippen molar-refractivity contribution in [2.45, 2.75) is 32.4 Å². The number of rotatable bonds is 6. The van der Waals surface area contributed by atoms with Gasteiger partial charge in [0.15, 0.2) is 0 Å². The molecule has 1 aromatic rings. The Labute approximate surface area is 109 Å². The number of methoxy groups -OCH3 is 1. The van der Waals surface area contributed by atoms with Crippen LogP contribution in [0.15, 0.2) is 24.3 Å². The Balaban J connectivity index is 2.52. The van der Waals surface area contributed by atoms with E-state index in [1.54, 1.807) is 7.11 Å². The summed E-state index contributed by atoms with van der Waals surface area (Å²) in [6.45, 7) is 4.41. The number of carbonyl (C=O) groups is 1. The minimum atomic E-state index is -0.263. The van der Waals surface area contributed by atoms with Crippen LogP contribution in [0.3, 0.4) is 0 Å². The molecule has 0 aliphatic heterocycles. The largest absolute Gasteiger partial charge is 0.383 e. The van der Waals surface area contributed by atoms with Crippen LogP contribution in [0.25, 0.3) is 0 Å². The average molecular weight is 250 g/mol. The molecular formula is C14H22N2O2. The van der Waals surface area contributed by atoms with E-state index < -0.39 is 0 Å². The van der Waals surface area contributed by atoms with Gasteiger partial charge < -0.3 is 15.8 Å². The van der Waals surface area contributed by atoms with Gasteiger partial charge in [-0.1, -0.05) is 24.3 Å². The van der Waals surface area contributed by atoms with Crippen LogP contribution in [0, 0.1) is 6.92 Å². The van der Waals surface area contributed by atoms with Crippen molar-refractivity contribution in [1.82, 2.24) is 5.32 Å². The van der Waals surface area contributed by atoms with E-state index in [1.165, 1.54) is 0 Å². The Morgan fingerprint density at radius 1 is 1.44 bits per heavy atom. The highest BCUT2D eigenvalue weighted by Gasteiger charge is 2.14. The van der Waals surface area contributed by atoms with Gasteiger partial charge in [0.2, 0.25) is 5.91 Å². The zero-order chi connectivity index (χ0) is 13.5. The van der Waals surface area contributed by atoms with Gasteiger partial charge in [-0.2, -0.15) is 0 Å². The van der Waals surface area contributed by atoms with Crippen LogP contribution in [0.1, 0.15) is 30.5 Å². The first-order chi connectivity index (χ1) is 8.54. The standard InChI is InChI=1S/C14H22N2O2/c1-10-6-4-5-7-12(10)13(15)8-14(17)16-11(2)9-18-3/h4-7,11,13H,8-9,15H2,1-3H3,(H,16,17)/t11-,13-/m0/s1. The molecule has 3 N–H and O–H groups in total. The molecule has 1 aromatic carbocycles. The van der Waals surface area contributed by atoms with Gasteiger partial charge in [-0.25, -0.2) is 0 Å². The molecule has 2 atom stereocenters. The number of benzene rings is 1. The first-order valence-corrected chi connectivity index (χ1v) is 6.14. The zero-order valence-electron chi connectivity index (χ0n) is 11.3. The van der Waals surface area contributed by atoms with Crippen molar-refractivity contribution < 1.29 is 9.53 Å². The molecule has 0 radical (unpaired) electrons. The van der Waals surface area contributed by atoms with E-state index in [4.69, 9.17) is 10.5 Å². The van der Waals surface area contributed by atoms with Crippen LogP contribution in [0.5, 0.6) is 0 Å². The number of carbonyl (C=O) groups excluding carboxylic acids is 1. The minimum absolute atomic E-state index is 0.00608. The summed E-state index contributed by atoms with van der Waals surface area (Å²) in [5.74, 6) is -0.0460. The fourth-order valence-electron chi connectivity index (χ4n) is 1.94. The fraction of sp³-hybridized carbons (Fsp3) is 0.500. The summed E-state index contributed by atoms with van der Waals surface area (Å²) in [7, 11) is 1.61. The van der Waals surface area contributed by atoms with Crippen LogP contribution in [0.2, 0.25) is 0 Å². The molecular weight excluding hydrogens is 228 g/mol. The van der Waals surface area contributed by atoms with Crippen LogP contribution in [-0.2, 0) is 9.53 Å². The van der Waals surface area contributed by atoms with Gasteiger partial charge in [-0.05, 0) is 25.0 Å². The van der Waals surface area contributed by atoms with Gasteiger partial charge in [-0.3, -0.25) is 4.79 Å². The first kappa shape index (κ1) is 14.7. The predicted molar refractivity (Wildman–Crippen MR) is 72.2 cm³/mol. The Morgan fingerprint density at radius 3 is 2.72 bits per heavy atom. The monoisotopic (exact) mass is 250 g/mol. The van der Waals surface area contributed by atoms with E-state index in [0.29, 0.717) is 13.0 Å². The number of hydrogen-bond acceptors (Lipinski definition) is 3. The Morgan fingerprint density at radius 2 is 2.11 bits per heavy atom. The molecule has 1 amide bonds. The third-order valence-corrected chi connectivity index (χ3v) is 2.82. The highest BCUT2D eigenvalue weighted by molar-refractivity contribution is 5.77. The minimum Gasteiger partial charge on any atom is -0.383 e. The topological polar surface area (TPSA) is 64.3 Å². The lowest BCUT2D eigenvalue weighted by Gasteiger charge is -2.17. The predicted octanol–water partition coefficient (Wildman–Crippen LogP) is 1.54. The number of ether oxygens (including phenoxy) is 1. The Hall–Kier alpha value is -1.39. The molecule has 100 valence electrons. The highest BCUT2D eigenvalue weighted by atomic mass is 16.5. The second-order valence-corrected chi connectivity index (χ2v) is 4.59. The van der Waals surface area contributed by atoms with Crippen molar-refractivity contribution in [2.24, 2.45) is 5.73 Å². The highest BCUT2D eigenvalue weighted by Crippen LogP contribution is 2.17. The van der Waals surface area contributed by atoms with Crippen LogP contribution in [0.4, 0.5) is 0 Å². The van der Waals surface area contributed by atoms with Crippen molar-refractivity contribution >= 4 is 5.91 Å². The molecule has 0 fully saturated rings. The van der Waals surface area contributed by atoms with E-state index in [-0.39, 0.29) is 18.0 Å². The second-order valence-electron chi connectivity index (χ2n) is 4.59. The van der Waals surface area contributed by atoms with Crippen molar-refractivity contribution in [1.29, 1.82) is 0 Å². The van der Waals surface area contributed by atoms with Crippen molar-refractivity contribution in [2.75, 3.05) is 13.7 Å². The molecule has 0 saturated heterocycles. The SMILES string of the molecule is COC[C@H](C)NC(=O)C[C@H](N)c1ccccc1C. The summed E-state index contributed by atoms with van der Waals surface area (Å²) in [4.78, 5) is 11.8. The van der Waals surface area contributed by atoms with Crippen molar-refractivity contribution in [3.8, 4) is 0 Å². The summed E-state index contributed by atoms with van der Waals surface area (Å²) in [5.41, 5.74) is 8.19. The third kappa shape index (κ3) is 4.47. The smallest absolute Gasteiger partial charge is 0.222 e. The summed E-state index contributed by atoms with van der Waals surface area (Å²) >= 11 is 0. The van der Waals surface area contributed by atoms with Crippen LogP contribution >= 0.6 is 0 Å². The number of amides is 1. The molecule has 18 heavy (non-hydrogen) atoms. The summed E-state index contributed by atoms with van der Waals surface area (Å²) in [6.07, 6.45) is 0.291. The number of hydrogen-bond donors (Lipinski definition) is 2. The Bertz CT molecular complexity index is 393. The van der Waals surface area contributed by atoms with Crippen molar-refractivity contribution in [3.63, 3.8) is 0 Å². The molecule has 0 unspecified atom stereocenters. The Kier molecular flexibility index (Phi) is 5.82. The maximum Gasteiger partial charge on any atom is 0.222 e. The number of nitrogens with two attached hydrogens (primary N) is 1. The number of nitrogens with one attached hydrogen (secondary N) is 1. The van der Waals surface area contributed by atoms with E-state index in [1.807, 2.05) is 38.1 Å². The lowest BCUT2D eigenvalue weighted by Crippen LogP contribution is -2.37. The molecule has 0 aliphatic rings. The molecule has 4 heteroatoms. The summed E-state index contributed by atoms with van der Waals surface area (Å²) in [6, 6.07) is 7.61. The van der Waals surface area contributed by atoms with Gasteiger partial charge >= 0.3 is 0 Å². The molecule has 0 saturated carbocycles. The van der Waals surface area contributed by atoms with E-state index in [2.05, 4.69) is 5.32 Å². The van der Waals surface area contributed by atoms with E-state index in [9.17, 15) is 4.79 Å². The molecule has 1 rings (SSSR count). The molecule has 4 nitrogen and oxygen atoms in total. The molecule has 0 spiro atoms. The van der Waals surface area contributed by atoms with E-state index >= 15 is 0 Å². The quantitative estimate of drug-likeness (QED) is 0.805. The van der Waals surface area contributed by atoms with Gasteiger partial charge in [0.05, 0.1) is 6.61 Å². The molecule has 0 aromatic heterocycles. The first-order valence-electron chi connectivity index (χ1n) is 6.14. The zero-order valence-corrected chi connectivity index (χ0v) is 11.3. The van der Waals surface area contributed by atoms with E-state index in [0.717, 1.165) is 11.1 Å². The lowest BCUT2D eigenvalue weighted by atomic mass is 9.99. The van der Waals surface area contributed by atoms with Gasteiger partial charge in [0, 0.05) is 25.6 Å². The third-order valence-electron chi connectivity index (χ3n) is 2.82. The maximum absolute atomic E-state index is 11.8. The molecule has 0 heterocycles. The lowest BCUT2D eigenvalue weighted by molar-refractivity contribution is -0.122. The normalized spacial score (nSPS) is 14.0. The second kappa shape index (κ2) is 7.13. The average Bonchev–Trinajstić information content (AvgIpc) is 2.29. The number of aryl methyl sites for hydroxylation is 1. The van der Waals surface area contributed by atoms with Gasteiger partial charge in [-0.15, -0.1) is 0 Å². The maximum atomic E-state index is 11.8. The van der Waals surface area contributed by atoms with Gasteiger partial charge in [0.1, 0.15) is 0 Å². The summed E-state index contributed by atoms with van der Waals surface area (Å²) in [5, 5.41) is 2.86. The molecule has 0 aliphatic carbocycles. The summed E-state index contributed by atoms with van der Waals surface area (Å²) < 4.78 is 4.97.